The summed E-state index contributed by atoms with van der Waals surface area (Å²) in [5, 5.41) is 0.325. The minimum absolute atomic E-state index is 0.169. The molecule has 2 heterocycles. The van der Waals surface area contributed by atoms with Crippen molar-refractivity contribution in [1.82, 2.24) is 14.2 Å². The second kappa shape index (κ2) is 7.34. The highest BCUT2D eigenvalue weighted by Crippen LogP contribution is 2.23. The Morgan fingerprint density at radius 1 is 1.08 bits per heavy atom. The summed E-state index contributed by atoms with van der Waals surface area (Å²) in [6, 6.07) is 8.59. The van der Waals surface area contributed by atoms with E-state index in [1.807, 2.05) is 19.1 Å². The number of benzene rings is 1. The van der Waals surface area contributed by atoms with Crippen molar-refractivity contribution in [2.75, 3.05) is 26.2 Å². The van der Waals surface area contributed by atoms with Gasteiger partial charge in [0.05, 0.1) is 10.5 Å². The quantitative estimate of drug-likeness (QED) is 0.751. The van der Waals surface area contributed by atoms with Gasteiger partial charge in [0, 0.05) is 32.4 Å². The van der Waals surface area contributed by atoms with Gasteiger partial charge in [0.25, 0.3) is 5.91 Å². The molecule has 1 saturated heterocycles. The molecule has 1 amide bonds. The van der Waals surface area contributed by atoms with Crippen LogP contribution < -0.4 is 0 Å². The summed E-state index contributed by atoms with van der Waals surface area (Å²) in [5.74, 6) is -0.169. The van der Waals surface area contributed by atoms with E-state index in [9.17, 15) is 13.2 Å². The van der Waals surface area contributed by atoms with Crippen LogP contribution in [0.15, 0.2) is 41.4 Å². The minimum atomic E-state index is -3.57. The van der Waals surface area contributed by atoms with E-state index in [1.165, 1.54) is 10.5 Å². The molecule has 1 aliphatic rings. The molecular weight excluding hydrogens is 374 g/mol. The normalized spacial score (nSPS) is 15.9. The Labute approximate surface area is 158 Å². The van der Waals surface area contributed by atoms with Crippen molar-refractivity contribution in [3.05, 3.63) is 58.4 Å². The third kappa shape index (κ3) is 3.75. The Balaban J connectivity index is 1.72. The van der Waals surface area contributed by atoms with E-state index in [1.54, 1.807) is 30.0 Å². The molecule has 8 heteroatoms. The Morgan fingerprint density at radius 3 is 2.38 bits per heavy atom. The zero-order valence-corrected chi connectivity index (χ0v) is 16.2. The number of sulfonamides is 1. The van der Waals surface area contributed by atoms with Gasteiger partial charge in [-0.1, -0.05) is 23.7 Å². The lowest BCUT2D eigenvalue weighted by Gasteiger charge is -2.34. The first kappa shape index (κ1) is 18.8. The molecular formula is C18H20ClN3O3S. The van der Waals surface area contributed by atoms with E-state index in [2.05, 4.69) is 4.98 Å². The molecule has 1 aromatic heterocycles. The molecule has 138 valence electrons. The Morgan fingerprint density at radius 2 is 1.77 bits per heavy atom. The van der Waals surface area contributed by atoms with Gasteiger partial charge in [-0.25, -0.2) is 13.4 Å². The van der Waals surface area contributed by atoms with E-state index in [4.69, 9.17) is 11.6 Å². The van der Waals surface area contributed by atoms with Crippen LogP contribution in [0.3, 0.4) is 0 Å². The van der Waals surface area contributed by atoms with Gasteiger partial charge in [0.15, 0.2) is 0 Å². The predicted octanol–water partition coefficient (Wildman–Crippen LogP) is 2.50. The standard InChI is InChI=1S/C18H20ClN3O3S/c1-13-3-4-14(2)16(11-13)26(24,25)22-9-7-21(8-10-22)18(23)15-5-6-17(19)20-12-15/h3-6,11-12H,7-10H2,1-2H3. The second-order valence-electron chi connectivity index (χ2n) is 6.33. The number of hydrogen-bond donors (Lipinski definition) is 0. The van der Waals surface area contributed by atoms with E-state index in [0.717, 1.165) is 11.1 Å². The van der Waals surface area contributed by atoms with Crippen molar-refractivity contribution in [2.24, 2.45) is 0 Å². The number of aromatic nitrogens is 1. The van der Waals surface area contributed by atoms with Gasteiger partial charge in [0.1, 0.15) is 5.15 Å². The maximum Gasteiger partial charge on any atom is 0.255 e. The molecule has 0 saturated carbocycles. The van der Waals surface area contributed by atoms with Crippen LogP contribution in [-0.2, 0) is 10.0 Å². The number of halogens is 1. The molecule has 3 rings (SSSR count). The third-order valence-electron chi connectivity index (χ3n) is 4.46. The molecule has 0 spiro atoms. The maximum absolute atomic E-state index is 12.9. The average Bonchev–Trinajstić information content (AvgIpc) is 2.64. The van der Waals surface area contributed by atoms with E-state index in [-0.39, 0.29) is 19.0 Å². The molecule has 26 heavy (non-hydrogen) atoms. The van der Waals surface area contributed by atoms with Gasteiger partial charge < -0.3 is 4.90 Å². The SMILES string of the molecule is Cc1ccc(C)c(S(=O)(=O)N2CCN(C(=O)c3ccc(Cl)nc3)CC2)c1. The number of pyridine rings is 1. The topological polar surface area (TPSA) is 70.6 Å². The van der Waals surface area contributed by atoms with Crippen LogP contribution >= 0.6 is 11.6 Å². The Bertz CT molecular complexity index is 921. The lowest BCUT2D eigenvalue weighted by atomic mass is 10.2. The van der Waals surface area contributed by atoms with Crippen molar-refractivity contribution in [1.29, 1.82) is 0 Å². The number of hydrogen-bond acceptors (Lipinski definition) is 4. The lowest BCUT2D eigenvalue weighted by Crippen LogP contribution is -2.50. The summed E-state index contributed by atoms with van der Waals surface area (Å²) < 4.78 is 27.3. The van der Waals surface area contributed by atoms with Gasteiger partial charge in [-0.2, -0.15) is 4.31 Å². The Hall–Kier alpha value is -1.96. The summed E-state index contributed by atoms with van der Waals surface area (Å²) in [5.41, 5.74) is 2.07. The average molecular weight is 394 g/mol. The summed E-state index contributed by atoms with van der Waals surface area (Å²) in [4.78, 5) is 18.4. The fourth-order valence-electron chi connectivity index (χ4n) is 2.94. The number of nitrogens with zero attached hydrogens (tertiary/aromatic N) is 3. The second-order valence-corrected chi connectivity index (χ2v) is 8.63. The first-order valence-electron chi connectivity index (χ1n) is 8.27. The molecule has 2 aromatic rings. The zero-order valence-electron chi connectivity index (χ0n) is 14.6. The highest BCUT2D eigenvalue weighted by Gasteiger charge is 2.31. The van der Waals surface area contributed by atoms with Crippen molar-refractivity contribution >= 4 is 27.5 Å². The van der Waals surface area contributed by atoms with Crippen molar-refractivity contribution < 1.29 is 13.2 Å². The monoisotopic (exact) mass is 393 g/mol. The fourth-order valence-corrected chi connectivity index (χ4v) is 4.78. The number of carbonyl (C=O) groups excluding carboxylic acids is 1. The van der Waals surface area contributed by atoms with Crippen LogP contribution in [0.2, 0.25) is 5.15 Å². The van der Waals surface area contributed by atoms with Crippen LogP contribution in [0, 0.1) is 13.8 Å². The van der Waals surface area contributed by atoms with Crippen LogP contribution in [0.4, 0.5) is 0 Å². The van der Waals surface area contributed by atoms with Gasteiger partial charge in [-0.3, -0.25) is 4.79 Å². The van der Waals surface area contributed by atoms with Crippen LogP contribution in [0.25, 0.3) is 0 Å². The van der Waals surface area contributed by atoms with Crippen LogP contribution in [-0.4, -0.2) is 54.7 Å². The number of aryl methyl sites for hydroxylation is 2. The van der Waals surface area contributed by atoms with Crippen molar-refractivity contribution in [3.8, 4) is 0 Å². The van der Waals surface area contributed by atoms with Gasteiger partial charge in [0.2, 0.25) is 10.0 Å². The highest BCUT2D eigenvalue weighted by molar-refractivity contribution is 7.89. The molecule has 0 aliphatic carbocycles. The van der Waals surface area contributed by atoms with E-state index in [0.29, 0.717) is 28.7 Å². The molecule has 0 radical (unpaired) electrons. The predicted molar refractivity (Wildman–Crippen MR) is 99.8 cm³/mol. The minimum Gasteiger partial charge on any atom is -0.336 e. The summed E-state index contributed by atoms with van der Waals surface area (Å²) in [6.45, 7) is 4.87. The van der Waals surface area contributed by atoms with Crippen molar-refractivity contribution in [2.45, 2.75) is 18.7 Å². The zero-order chi connectivity index (χ0) is 18.9. The fraction of sp³-hybridized carbons (Fsp3) is 0.333. The van der Waals surface area contributed by atoms with Gasteiger partial charge in [-0.05, 0) is 43.2 Å². The molecule has 0 N–H and O–H groups in total. The van der Waals surface area contributed by atoms with Gasteiger partial charge in [-0.15, -0.1) is 0 Å². The first-order valence-corrected chi connectivity index (χ1v) is 10.1. The molecule has 0 atom stereocenters. The van der Waals surface area contributed by atoms with Gasteiger partial charge >= 0.3 is 0 Å². The summed E-state index contributed by atoms with van der Waals surface area (Å²) in [6.07, 6.45) is 1.43. The molecule has 6 nitrogen and oxygen atoms in total. The molecule has 1 fully saturated rings. The summed E-state index contributed by atoms with van der Waals surface area (Å²) in [7, 11) is -3.57. The third-order valence-corrected chi connectivity index (χ3v) is 6.73. The molecule has 1 aliphatic heterocycles. The van der Waals surface area contributed by atoms with Crippen LogP contribution in [0.1, 0.15) is 21.5 Å². The summed E-state index contributed by atoms with van der Waals surface area (Å²) >= 11 is 5.74. The smallest absolute Gasteiger partial charge is 0.255 e. The molecule has 0 bridgehead atoms. The largest absolute Gasteiger partial charge is 0.336 e. The molecule has 1 aromatic carbocycles. The van der Waals surface area contributed by atoms with Crippen molar-refractivity contribution in [3.63, 3.8) is 0 Å². The number of carbonyl (C=O) groups is 1. The first-order chi connectivity index (χ1) is 12.3. The Kier molecular flexibility index (Phi) is 5.32. The highest BCUT2D eigenvalue weighted by atomic mass is 35.5. The van der Waals surface area contributed by atoms with E-state index >= 15 is 0 Å². The molecule has 0 unspecified atom stereocenters. The maximum atomic E-state index is 12.9. The number of piperazine rings is 1. The van der Waals surface area contributed by atoms with E-state index < -0.39 is 10.0 Å². The lowest BCUT2D eigenvalue weighted by molar-refractivity contribution is 0.0697. The van der Waals surface area contributed by atoms with Crippen LogP contribution in [0.5, 0.6) is 0 Å². The number of amides is 1. The number of rotatable bonds is 3.